The number of sulfone groups is 1. The van der Waals surface area contributed by atoms with Crippen LogP contribution in [0.15, 0.2) is 46.1 Å². The van der Waals surface area contributed by atoms with Crippen molar-refractivity contribution in [1.82, 2.24) is 15.1 Å². The summed E-state index contributed by atoms with van der Waals surface area (Å²) in [6.45, 7) is 0.628. The molecule has 2 aromatic rings. The summed E-state index contributed by atoms with van der Waals surface area (Å²) in [5.74, 6) is 0.930. The minimum atomic E-state index is -3.17. The zero-order valence-electron chi connectivity index (χ0n) is 12.8. The molecule has 0 saturated heterocycles. The average molecular weight is 332 g/mol. The third kappa shape index (κ3) is 3.88. The first-order chi connectivity index (χ1) is 11.0. The molecule has 1 aliphatic heterocycles. The normalized spacial score (nSPS) is 15.0. The number of rotatable bonds is 4. The molecule has 0 saturated carbocycles. The molecule has 23 heavy (non-hydrogen) atoms. The van der Waals surface area contributed by atoms with Gasteiger partial charge in [-0.25, -0.2) is 13.1 Å². The van der Waals surface area contributed by atoms with Gasteiger partial charge in [-0.05, 0) is 30.7 Å². The van der Waals surface area contributed by atoms with E-state index in [-0.39, 0.29) is 0 Å². The van der Waals surface area contributed by atoms with Crippen LogP contribution < -0.4 is 9.98 Å². The molecule has 0 radical (unpaired) electrons. The summed E-state index contributed by atoms with van der Waals surface area (Å²) in [6.07, 6.45) is 7.28. The van der Waals surface area contributed by atoms with Crippen LogP contribution in [0, 0.1) is 0 Å². The van der Waals surface area contributed by atoms with E-state index in [0.29, 0.717) is 11.4 Å². The van der Waals surface area contributed by atoms with Gasteiger partial charge in [0, 0.05) is 18.2 Å². The van der Waals surface area contributed by atoms with E-state index in [1.807, 2.05) is 12.1 Å². The number of amidine groups is 1. The van der Waals surface area contributed by atoms with Crippen molar-refractivity contribution >= 4 is 21.4 Å². The van der Waals surface area contributed by atoms with Crippen molar-refractivity contribution in [2.45, 2.75) is 30.7 Å². The van der Waals surface area contributed by atoms with Crippen LogP contribution in [-0.2, 0) is 16.4 Å². The predicted molar refractivity (Wildman–Crippen MR) is 88.0 cm³/mol. The lowest BCUT2D eigenvalue weighted by Gasteiger charge is -2.06. The molecule has 120 valence electrons. The minimum Gasteiger partial charge on any atom is -0.364 e. The van der Waals surface area contributed by atoms with Gasteiger partial charge in [-0.3, -0.25) is 5.32 Å². The van der Waals surface area contributed by atoms with E-state index in [4.69, 9.17) is 4.52 Å². The van der Waals surface area contributed by atoms with Crippen LogP contribution in [0.1, 0.15) is 30.4 Å². The van der Waals surface area contributed by atoms with E-state index in [2.05, 4.69) is 15.1 Å². The lowest BCUT2D eigenvalue weighted by atomic mass is 10.0. The van der Waals surface area contributed by atoms with Crippen molar-refractivity contribution in [3.63, 3.8) is 0 Å². The molecule has 3 rings (SSSR count). The number of nitrogens with zero attached hydrogens (tertiary/aromatic N) is 2. The predicted octanol–water partition coefficient (Wildman–Crippen LogP) is 1.31. The molecule has 6 nitrogen and oxygen atoms in total. The van der Waals surface area contributed by atoms with Gasteiger partial charge >= 0.3 is 5.84 Å². The highest BCUT2D eigenvalue weighted by Crippen LogP contribution is 2.14. The van der Waals surface area contributed by atoms with Crippen molar-refractivity contribution in [3.8, 4) is 0 Å². The lowest BCUT2D eigenvalue weighted by Crippen LogP contribution is -2.29. The molecule has 0 amide bonds. The molecule has 0 fully saturated rings. The smallest absolute Gasteiger partial charge is 0.343 e. The summed E-state index contributed by atoms with van der Waals surface area (Å²) in [7, 11) is -3.17. The number of benzene rings is 1. The molecule has 1 aliphatic rings. The van der Waals surface area contributed by atoms with E-state index >= 15 is 0 Å². The summed E-state index contributed by atoms with van der Waals surface area (Å²) < 4.78 is 32.5. The van der Waals surface area contributed by atoms with Crippen molar-refractivity contribution in [3.05, 3.63) is 47.9 Å². The van der Waals surface area contributed by atoms with Crippen molar-refractivity contribution in [1.29, 1.82) is 0 Å². The van der Waals surface area contributed by atoms with E-state index < -0.39 is 9.84 Å². The first-order valence-electron chi connectivity index (χ1n) is 7.38. The number of hydrogen-bond acceptors (Lipinski definition) is 5. The van der Waals surface area contributed by atoms with Gasteiger partial charge in [0.25, 0.3) is 0 Å². The first kappa shape index (κ1) is 15.5. The SMILES string of the molecule is CS(=O)(=O)c1ccc(C2=[N+]=C(NCc3cnoc3)CCC2)cc1. The zero-order valence-corrected chi connectivity index (χ0v) is 13.6. The maximum Gasteiger partial charge on any atom is 0.343 e. The van der Waals surface area contributed by atoms with Crippen LogP contribution >= 0.6 is 0 Å². The summed E-state index contributed by atoms with van der Waals surface area (Å²) in [6, 6.07) is 6.90. The quantitative estimate of drug-likeness (QED) is 0.853. The summed E-state index contributed by atoms with van der Waals surface area (Å²) in [4.78, 5) is 0.326. The van der Waals surface area contributed by atoms with Crippen LogP contribution in [-0.4, -0.2) is 31.4 Å². The molecule has 1 N–H and O–H groups in total. The fourth-order valence-electron chi connectivity index (χ4n) is 2.45. The fourth-order valence-corrected chi connectivity index (χ4v) is 3.08. The third-order valence-corrected chi connectivity index (χ3v) is 4.82. The molecule has 0 atom stereocenters. The fraction of sp³-hybridized carbons (Fsp3) is 0.312. The number of nitrogens with one attached hydrogen (secondary N) is 1. The van der Waals surface area contributed by atoms with Gasteiger partial charge in [-0.15, -0.1) is 0 Å². The third-order valence-electron chi connectivity index (χ3n) is 3.69. The molecule has 1 aromatic heterocycles. The second-order valence-electron chi connectivity index (χ2n) is 5.54. The van der Waals surface area contributed by atoms with Crippen LogP contribution in [0.2, 0.25) is 0 Å². The molecular weight excluding hydrogens is 314 g/mol. The Labute approximate surface area is 134 Å². The highest BCUT2D eigenvalue weighted by atomic mass is 32.2. The van der Waals surface area contributed by atoms with Crippen LogP contribution in [0.25, 0.3) is 0 Å². The average Bonchev–Trinajstić information content (AvgIpc) is 3.06. The van der Waals surface area contributed by atoms with Crippen LogP contribution in [0.5, 0.6) is 0 Å². The zero-order chi connectivity index (χ0) is 16.3. The van der Waals surface area contributed by atoms with E-state index in [0.717, 1.165) is 41.9 Å². The molecule has 1 aromatic carbocycles. The maximum absolute atomic E-state index is 11.5. The largest absolute Gasteiger partial charge is 0.364 e. The van der Waals surface area contributed by atoms with E-state index in [1.165, 1.54) is 6.26 Å². The maximum atomic E-state index is 11.5. The van der Waals surface area contributed by atoms with Gasteiger partial charge in [0.1, 0.15) is 12.8 Å². The monoisotopic (exact) mass is 332 g/mol. The van der Waals surface area contributed by atoms with Crippen LogP contribution in [0.4, 0.5) is 0 Å². The van der Waals surface area contributed by atoms with Gasteiger partial charge in [0.15, 0.2) is 9.84 Å². The van der Waals surface area contributed by atoms with Gasteiger partial charge < -0.3 is 4.52 Å². The first-order valence-corrected chi connectivity index (χ1v) is 9.27. The van der Waals surface area contributed by atoms with E-state index in [1.54, 1.807) is 24.6 Å². The molecule has 0 bridgehead atoms. The van der Waals surface area contributed by atoms with Gasteiger partial charge in [-0.2, -0.15) is 0 Å². The summed E-state index contributed by atoms with van der Waals surface area (Å²) in [5, 5.41) is 6.96. The minimum absolute atomic E-state index is 0.326. The van der Waals surface area contributed by atoms with Crippen molar-refractivity contribution in [2.24, 2.45) is 0 Å². The Morgan fingerprint density at radius 2 is 2.04 bits per heavy atom. The van der Waals surface area contributed by atoms with Gasteiger partial charge in [-0.1, -0.05) is 5.16 Å². The van der Waals surface area contributed by atoms with E-state index in [9.17, 15) is 8.42 Å². The molecule has 7 heteroatoms. The highest BCUT2D eigenvalue weighted by Gasteiger charge is 2.19. The second-order valence-corrected chi connectivity index (χ2v) is 7.56. The Kier molecular flexibility index (Phi) is 4.32. The van der Waals surface area contributed by atoms with Crippen molar-refractivity contribution < 1.29 is 12.9 Å². The molecule has 2 heterocycles. The Balaban J connectivity index is 1.81. The molecular formula is C16H18N3O3S+. The van der Waals surface area contributed by atoms with Crippen molar-refractivity contribution in [2.75, 3.05) is 6.26 Å². The number of hydrogen-bond donors (Lipinski definition) is 1. The second kappa shape index (κ2) is 6.40. The number of aromatic nitrogens is 1. The summed E-state index contributed by atoms with van der Waals surface area (Å²) in [5.41, 5.74) is 2.91. The van der Waals surface area contributed by atoms with Crippen LogP contribution in [0.3, 0.4) is 0 Å². The standard InChI is InChI=1S/C16H17N3O3S/c1-23(20,21)14-7-5-13(6-8-14)15-3-2-4-16(19-15)17-9-12-10-18-22-11-12/h5-8,10-11H,2-4,9H2,1H3/p+1. The molecule has 0 spiro atoms. The van der Waals surface area contributed by atoms with Gasteiger partial charge in [0.05, 0.1) is 23.1 Å². The molecule has 0 aliphatic carbocycles. The Hall–Kier alpha value is -2.37. The molecule has 0 unspecified atom stereocenters. The Bertz CT molecular complexity index is 846. The summed E-state index contributed by atoms with van der Waals surface area (Å²) >= 11 is 0. The van der Waals surface area contributed by atoms with Gasteiger partial charge in [0.2, 0.25) is 5.71 Å². The highest BCUT2D eigenvalue weighted by molar-refractivity contribution is 7.90. The Morgan fingerprint density at radius 3 is 2.70 bits per heavy atom. The topological polar surface area (TPSA) is 86.3 Å². The Morgan fingerprint density at radius 1 is 1.26 bits per heavy atom. The lowest BCUT2D eigenvalue weighted by molar-refractivity contribution is 0.418.